The summed E-state index contributed by atoms with van der Waals surface area (Å²) < 4.78 is 13.0. The van der Waals surface area contributed by atoms with E-state index in [1.54, 1.807) is 12.3 Å². The number of para-hydroxylation sites is 1. The number of aromatic nitrogens is 2. The van der Waals surface area contributed by atoms with E-state index in [0.29, 0.717) is 0 Å². The van der Waals surface area contributed by atoms with Crippen molar-refractivity contribution in [1.29, 1.82) is 0 Å². The lowest BCUT2D eigenvalue weighted by Crippen LogP contribution is -2.11. The van der Waals surface area contributed by atoms with E-state index in [-0.39, 0.29) is 11.9 Å². The molecule has 1 aromatic carbocycles. The van der Waals surface area contributed by atoms with Gasteiger partial charge in [-0.1, -0.05) is 25.1 Å². The molecule has 0 aliphatic heterocycles. The first-order valence-electron chi connectivity index (χ1n) is 6.99. The van der Waals surface area contributed by atoms with Gasteiger partial charge in [0.1, 0.15) is 5.82 Å². The van der Waals surface area contributed by atoms with Gasteiger partial charge in [-0.05, 0) is 30.7 Å². The summed E-state index contributed by atoms with van der Waals surface area (Å²) in [7, 11) is 0. The summed E-state index contributed by atoms with van der Waals surface area (Å²) in [6.07, 6.45) is 3.88. The summed E-state index contributed by atoms with van der Waals surface area (Å²) in [5.41, 5.74) is 2.72. The van der Waals surface area contributed by atoms with Crippen molar-refractivity contribution in [3.05, 3.63) is 66.4 Å². The zero-order valence-corrected chi connectivity index (χ0v) is 11.8. The largest absolute Gasteiger partial charge is 0.375 e. The molecule has 0 bridgehead atoms. The second-order valence-electron chi connectivity index (χ2n) is 4.89. The van der Waals surface area contributed by atoms with Crippen LogP contribution in [-0.4, -0.2) is 9.97 Å². The van der Waals surface area contributed by atoms with Crippen LogP contribution in [0, 0.1) is 5.82 Å². The molecule has 1 atom stereocenters. The van der Waals surface area contributed by atoms with Crippen molar-refractivity contribution in [2.24, 2.45) is 0 Å². The Morgan fingerprint density at radius 1 is 1.10 bits per heavy atom. The molecule has 0 aliphatic carbocycles. The molecule has 4 heteroatoms. The molecule has 0 spiro atoms. The fourth-order valence-electron chi connectivity index (χ4n) is 2.39. The minimum absolute atomic E-state index is 0.0261. The predicted octanol–water partition coefficient (Wildman–Crippen LogP) is 4.33. The van der Waals surface area contributed by atoms with Gasteiger partial charge in [0, 0.05) is 11.6 Å². The van der Waals surface area contributed by atoms with E-state index in [1.165, 1.54) is 12.3 Å². The van der Waals surface area contributed by atoms with Crippen LogP contribution in [0.25, 0.3) is 10.9 Å². The fourth-order valence-corrected chi connectivity index (χ4v) is 2.39. The molecule has 3 rings (SSSR count). The first kappa shape index (κ1) is 13.5. The standard InChI is InChI=1S/C17H16FN3/c1-2-14(15-9-8-13(18)11-20-15)21-16-7-3-5-12-6-4-10-19-17(12)16/h3-11,14,21H,2H2,1H3. The van der Waals surface area contributed by atoms with Gasteiger partial charge >= 0.3 is 0 Å². The zero-order chi connectivity index (χ0) is 14.7. The average Bonchev–Trinajstić information content (AvgIpc) is 2.54. The van der Waals surface area contributed by atoms with Gasteiger partial charge in [-0.3, -0.25) is 9.97 Å². The number of hydrogen-bond donors (Lipinski definition) is 1. The fraction of sp³-hybridized carbons (Fsp3) is 0.176. The van der Waals surface area contributed by atoms with Gasteiger partial charge in [0.25, 0.3) is 0 Å². The molecule has 21 heavy (non-hydrogen) atoms. The van der Waals surface area contributed by atoms with Crippen molar-refractivity contribution in [1.82, 2.24) is 9.97 Å². The Kier molecular flexibility index (Phi) is 3.77. The first-order chi connectivity index (χ1) is 10.3. The number of pyridine rings is 2. The van der Waals surface area contributed by atoms with Crippen molar-refractivity contribution in [3.63, 3.8) is 0 Å². The summed E-state index contributed by atoms with van der Waals surface area (Å²) in [6, 6.07) is 13.2. The highest BCUT2D eigenvalue weighted by molar-refractivity contribution is 5.90. The predicted molar refractivity (Wildman–Crippen MR) is 82.6 cm³/mol. The zero-order valence-electron chi connectivity index (χ0n) is 11.8. The van der Waals surface area contributed by atoms with Crippen LogP contribution in [0.3, 0.4) is 0 Å². The molecule has 2 heterocycles. The van der Waals surface area contributed by atoms with E-state index in [0.717, 1.165) is 28.7 Å². The Morgan fingerprint density at radius 2 is 1.95 bits per heavy atom. The van der Waals surface area contributed by atoms with Crippen molar-refractivity contribution < 1.29 is 4.39 Å². The molecule has 1 N–H and O–H groups in total. The molecule has 0 saturated carbocycles. The van der Waals surface area contributed by atoms with Crippen molar-refractivity contribution in [3.8, 4) is 0 Å². The molecule has 1 unspecified atom stereocenters. The Labute approximate surface area is 122 Å². The Balaban J connectivity index is 1.94. The molecular formula is C17H16FN3. The molecule has 0 amide bonds. The number of nitrogens with one attached hydrogen (secondary N) is 1. The lowest BCUT2D eigenvalue weighted by Gasteiger charge is -2.18. The molecule has 3 nitrogen and oxygen atoms in total. The van der Waals surface area contributed by atoms with Gasteiger partial charge in [0.05, 0.1) is 29.1 Å². The SMILES string of the molecule is CCC(Nc1cccc2cccnc12)c1ccc(F)cn1. The molecule has 106 valence electrons. The van der Waals surface area contributed by atoms with Crippen LogP contribution in [-0.2, 0) is 0 Å². The van der Waals surface area contributed by atoms with Gasteiger partial charge < -0.3 is 5.32 Å². The van der Waals surface area contributed by atoms with E-state index in [9.17, 15) is 4.39 Å². The highest BCUT2D eigenvalue weighted by Gasteiger charge is 2.12. The van der Waals surface area contributed by atoms with Gasteiger partial charge in [0.15, 0.2) is 0 Å². The number of rotatable bonds is 4. The van der Waals surface area contributed by atoms with Gasteiger partial charge in [-0.25, -0.2) is 4.39 Å². The van der Waals surface area contributed by atoms with E-state index >= 15 is 0 Å². The molecule has 0 saturated heterocycles. The van der Waals surface area contributed by atoms with E-state index in [2.05, 4.69) is 22.2 Å². The smallest absolute Gasteiger partial charge is 0.141 e. The maximum atomic E-state index is 13.0. The third-order valence-electron chi connectivity index (χ3n) is 3.48. The van der Waals surface area contributed by atoms with Crippen molar-refractivity contribution >= 4 is 16.6 Å². The van der Waals surface area contributed by atoms with E-state index in [4.69, 9.17) is 0 Å². The number of nitrogens with zero attached hydrogens (tertiary/aromatic N) is 2. The minimum atomic E-state index is -0.319. The van der Waals surface area contributed by atoms with Crippen LogP contribution in [0.4, 0.5) is 10.1 Å². The first-order valence-corrected chi connectivity index (χ1v) is 6.99. The lowest BCUT2D eigenvalue weighted by atomic mass is 10.1. The summed E-state index contributed by atoms with van der Waals surface area (Å²) in [5.74, 6) is -0.319. The Hall–Kier alpha value is -2.49. The maximum Gasteiger partial charge on any atom is 0.141 e. The number of halogens is 1. The van der Waals surface area contributed by atoms with Crippen LogP contribution < -0.4 is 5.32 Å². The highest BCUT2D eigenvalue weighted by Crippen LogP contribution is 2.26. The van der Waals surface area contributed by atoms with Crippen LogP contribution in [0.5, 0.6) is 0 Å². The van der Waals surface area contributed by atoms with Crippen LogP contribution in [0.15, 0.2) is 54.9 Å². The Morgan fingerprint density at radius 3 is 2.71 bits per heavy atom. The third-order valence-corrected chi connectivity index (χ3v) is 3.48. The second kappa shape index (κ2) is 5.87. The van der Waals surface area contributed by atoms with E-state index in [1.807, 2.05) is 30.3 Å². The van der Waals surface area contributed by atoms with Crippen molar-refractivity contribution in [2.45, 2.75) is 19.4 Å². The van der Waals surface area contributed by atoms with Crippen molar-refractivity contribution in [2.75, 3.05) is 5.32 Å². The molecule has 0 radical (unpaired) electrons. The van der Waals surface area contributed by atoms with Crippen LogP contribution in [0.2, 0.25) is 0 Å². The summed E-state index contributed by atoms with van der Waals surface area (Å²) in [5, 5.41) is 4.55. The summed E-state index contributed by atoms with van der Waals surface area (Å²) >= 11 is 0. The monoisotopic (exact) mass is 281 g/mol. The van der Waals surface area contributed by atoms with Crippen LogP contribution >= 0.6 is 0 Å². The lowest BCUT2D eigenvalue weighted by molar-refractivity contribution is 0.614. The quantitative estimate of drug-likeness (QED) is 0.773. The second-order valence-corrected chi connectivity index (χ2v) is 4.89. The number of hydrogen-bond acceptors (Lipinski definition) is 3. The molecule has 0 fully saturated rings. The molecular weight excluding hydrogens is 265 g/mol. The number of anilines is 1. The van der Waals surface area contributed by atoms with Crippen LogP contribution in [0.1, 0.15) is 25.1 Å². The van der Waals surface area contributed by atoms with Gasteiger partial charge in [-0.15, -0.1) is 0 Å². The average molecular weight is 281 g/mol. The normalized spacial score (nSPS) is 12.3. The Bertz CT molecular complexity index is 735. The molecule has 3 aromatic rings. The number of fused-ring (bicyclic) bond motifs is 1. The summed E-state index contributed by atoms with van der Waals surface area (Å²) in [4.78, 5) is 8.60. The van der Waals surface area contributed by atoms with E-state index < -0.39 is 0 Å². The minimum Gasteiger partial charge on any atom is -0.375 e. The summed E-state index contributed by atoms with van der Waals surface area (Å²) in [6.45, 7) is 2.07. The third kappa shape index (κ3) is 2.84. The maximum absolute atomic E-state index is 13.0. The molecule has 0 aliphatic rings. The van der Waals surface area contributed by atoms with Gasteiger partial charge in [0.2, 0.25) is 0 Å². The topological polar surface area (TPSA) is 37.8 Å². The molecule has 2 aromatic heterocycles. The van der Waals surface area contributed by atoms with Gasteiger partial charge in [-0.2, -0.15) is 0 Å². The highest BCUT2D eigenvalue weighted by atomic mass is 19.1. The number of benzene rings is 1.